The lowest BCUT2D eigenvalue weighted by molar-refractivity contribution is 0.0465. The molecule has 0 N–H and O–H groups in total. The van der Waals surface area contributed by atoms with Gasteiger partial charge in [-0.1, -0.05) is 41.6 Å². The Balaban J connectivity index is 1.82. The van der Waals surface area contributed by atoms with Gasteiger partial charge >= 0.3 is 0 Å². The number of pyridine rings is 1. The zero-order valence-corrected chi connectivity index (χ0v) is 13.2. The van der Waals surface area contributed by atoms with E-state index in [-0.39, 0.29) is 11.9 Å². The molecule has 0 amide bonds. The van der Waals surface area contributed by atoms with E-state index < -0.39 is 6.10 Å². The molecule has 2 aromatic rings. The van der Waals surface area contributed by atoms with Crippen molar-refractivity contribution in [2.45, 2.75) is 32.4 Å². The van der Waals surface area contributed by atoms with Crippen LogP contribution >= 0.6 is 0 Å². The molecule has 0 unspecified atom stereocenters. The smallest absolute Gasteiger partial charge is 0.276 e. The monoisotopic (exact) mass is 309 g/mol. The number of hydrogen-bond acceptors (Lipinski definition) is 4. The average Bonchev–Trinajstić information content (AvgIpc) is 3.05. The van der Waals surface area contributed by atoms with Gasteiger partial charge in [-0.2, -0.15) is 0 Å². The third-order valence-electron chi connectivity index (χ3n) is 3.52. The van der Waals surface area contributed by atoms with E-state index in [2.05, 4.69) is 10.1 Å². The fourth-order valence-corrected chi connectivity index (χ4v) is 2.46. The van der Waals surface area contributed by atoms with Crippen LogP contribution in [0.25, 0.3) is 0 Å². The summed E-state index contributed by atoms with van der Waals surface area (Å²) in [7, 11) is 0. The first-order valence-corrected chi connectivity index (χ1v) is 7.69. The highest BCUT2D eigenvalue weighted by Crippen LogP contribution is 2.17. The maximum absolute atomic E-state index is 12.7. The molecule has 0 saturated carbocycles. The van der Waals surface area contributed by atoms with E-state index in [4.69, 9.17) is 4.84 Å². The van der Waals surface area contributed by atoms with Crippen molar-refractivity contribution >= 4 is 11.6 Å². The minimum Gasteiger partial charge on any atom is -0.382 e. The summed E-state index contributed by atoms with van der Waals surface area (Å²) in [5.74, 6) is -0.153. The van der Waals surface area contributed by atoms with Gasteiger partial charge in [0.05, 0.1) is 5.71 Å². The van der Waals surface area contributed by atoms with Crippen molar-refractivity contribution in [2.75, 3.05) is 0 Å². The molecule has 1 aliphatic rings. The van der Waals surface area contributed by atoms with Crippen molar-refractivity contribution in [2.24, 2.45) is 10.1 Å². The van der Waals surface area contributed by atoms with Crippen molar-refractivity contribution in [3.8, 4) is 0 Å². The summed E-state index contributed by atoms with van der Waals surface area (Å²) in [5.41, 5.74) is 2.40. The Labute approximate surface area is 134 Å². The minimum atomic E-state index is -0.612. The molecule has 1 aromatic heterocycles. The molecule has 118 valence electrons. The van der Waals surface area contributed by atoms with Crippen molar-refractivity contribution in [1.29, 1.82) is 0 Å². The van der Waals surface area contributed by atoms with Crippen molar-refractivity contribution < 1.29 is 9.63 Å². The Bertz CT molecular complexity index is 791. The molecular formula is C18H19N3O2. The zero-order valence-electron chi connectivity index (χ0n) is 13.2. The normalized spacial score (nSPS) is 18.0. The third kappa shape index (κ3) is 3.39. The van der Waals surface area contributed by atoms with Gasteiger partial charge in [0.15, 0.2) is 0 Å². The van der Waals surface area contributed by atoms with E-state index in [1.807, 2.05) is 62.4 Å². The molecule has 1 aliphatic heterocycles. The van der Waals surface area contributed by atoms with Crippen LogP contribution in [0.3, 0.4) is 0 Å². The highest BCUT2D eigenvalue weighted by atomic mass is 16.6. The van der Waals surface area contributed by atoms with Gasteiger partial charge in [-0.3, -0.25) is 14.4 Å². The van der Waals surface area contributed by atoms with Gasteiger partial charge in [-0.25, -0.2) is 0 Å². The Morgan fingerprint density at radius 3 is 2.70 bits per heavy atom. The summed E-state index contributed by atoms with van der Waals surface area (Å²) >= 11 is 0. The van der Waals surface area contributed by atoms with Crippen LogP contribution in [0, 0.1) is 0 Å². The molecule has 2 heterocycles. The molecule has 23 heavy (non-hydrogen) atoms. The van der Waals surface area contributed by atoms with Crippen molar-refractivity contribution in [3.63, 3.8) is 0 Å². The van der Waals surface area contributed by atoms with E-state index in [1.54, 1.807) is 6.20 Å². The molecule has 5 nitrogen and oxygen atoms in total. The molecule has 0 fully saturated rings. The quantitative estimate of drug-likeness (QED) is 0.875. The van der Waals surface area contributed by atoms with E-state index in [1.165, 1.54) is 4.57 Å². The number of oxime groups is 1. The first-order chi connectivity index (χ1) is 11.1. The fraction of sp³-hybridized carbons (Fsp3) is 0.278. The molecule has 0 bridgehead atoms. The average molecular weight is 309 g/mol. The number of hydrogen-bond donors (Lipinski definition) is 0. The lowest BCUT2D eigenvalue weighted by Crippen LogP contribution is -2.35. The summed E-state index contributed by atoms with van der Waals surface area (Å²) < 4.78 is 1.54. The van der Waals surface area contributed by atoms with Gasteiger partial charge in [0.2, 0.25) is 6.10 Å². The lowest BCUT2D eigenvalue weighted by Gasteiger charge is -2.11. The lowest BCUT2D eigenvalue weighted by atomic mass is 10.0. The highest BCUT2D eigenvalue weighted by Gasteiger charge is 2.30. The van der Waals surface area contributed by atoms with Gasteiger partial charge in [0.25, 0.3) is 5.91 Å². The van der Waals surface area contributed by atoms with Crippen LogP contribution in [0.5, 0.6) is 0 Å². The van der Waals surface area contributed by atoms with Gasteiger partial charge in [-0.15, -0.1) is 0 Å². The molecule has 0 saturated heterocycles. The van der Waals surface area contributed by atoms with Crippen LogP contribution in [-0.2, 0) is 4.84 Å². The summed E-state index contributed by atoms with van der Waals surface area (Å²) in [5, 5.41) is 4.08. The van der Waals surface area contributed by atoms with E-state index in [9.17, 15) is 4.79 Å². The number of carbonyl (C=O) groups is 1. The Morgan fingerprint density at radius 2 is 1.96 bits per heavy atom. The molecule has 0 spiro atoms. The van der Waals surface area contributed by atoms with Crippen LogP contribution in [0.2, 0.25) is 0 Å². The van der Waals surface area contributed by atoms with E-state index in [0.29, 0.717) is 11.9 Å². The minimum absolute atomic E-state index is 0.108. The molecule has 0 aliphatic carbocycles. The summed E-state index contributed by atoms with van der Waals surface area (Å²) in [4.78, 5) is 22.6. The standard InChI is InChI=1S/C18H19N3O2/c1-13(2)19-17-10-6-7-11-21(17)18(22)16-12-15(20-23-16)14-8-4-3-5-9-14/h3-11,13,16H,12H2,1-2H3/t16-/m0/s1. The molecule has 3 rings (SSSR count). The summed E-state index contributed by atoms with van der Waals surface area (Å²) in [6.45, 7) is 3.95. The molecular weight excluding hydrogens is 290 g/mol. The maximum atomic E-state index is 12.7. The Hall–Kier alpha value is -2.69. The van der Waals surface area contributed by atoms with Crippen LogP contribution in [0.4, 0.5) is 0 Å². The van der Waals surface area contributed by atoms with Crippen molar-refractivity contribution in [1.82, 2.24) is 4.57 Å². The molecule has 5 heteroatoms. The number of nitrogens with zero attached hydrogens (tertiary/aromatic N) is 3. The SMILES string of the molecule is CC(C)N=c1ccccn1C(=O)[C@@H]1CC(c2ccccc2)=NO1. The van der Waals surface area contributed by atoms with Gasteiger partial charge in [0, 0.05) is 18.7 Å². The molecule has 0 radical (unpaired) electrons. The second-order valence-corrected chi connectivity index (χ2v) is 5.69. The summed E-state index contributed by atoms with van der Waals surface area (Å²) in [6, 6.07) is 15.4. The number of benzene rings is 1. The second-order valence-electron chi connectivity index (χ2n) is 5.69. The predicted molar refractivity (Wildman–Crippen MR) is 88.2 cm³/mol. The van der Waals surface area contributed by atoms with Crippen LogP contribution in [0.15, 0.2) is 64.9 Å². The third-order valence-corrected chi connectivity index (χ3v) is 3.52. The van der Waals surface area contributed by atoms with E-state index in [0.717, 1.165) is 11.3 Å². The number of aromatic nitrogens is 1. The van der Waals surface area contributed by atoms with Crippen LogP contribution in [-0.4, -0.2) is 28.3 Å². The Morgan fingerprint density at radius 1 is 1.22 bits per heavy atom. The molecule has 1 atom stereocenters. The van der Waals surface area contributed by atoms with Crippen LogP contribution < -0.4 is 5.49 Å². The van der Waals surface area contributed by atoms with Gasteiger partial charge < -0.3 is 4.84 Å². The van der Waals surface area contributed by atoms with Crippen molar-refractivity contribution in [3.05, 3.63) is 65.8 Å². The summed E-state index contributed by atoms with van der Waals surface area (Å²) in [6.07, 6.45) is 1.57. The zero-order chi connectivity index (χ0) is 16.2. The second kappa shape index (κ2) is 6.60. The molecule has 1 aromatic carbocycles. The first kappa shape index (κ1) is 15.2. The maximum Gasteiger partial charge on any atom is 0.276 e. The fourth-order valence-electron chi connectivity index (χ4n) is 2.46. The highest BCUT2D eigenvalue weighted by molar-refractivity contribution is 6.04. The first-order valence-electron chi connectivity index (χ1n) is 7.69. The van der Waals surface area contributed by atoms with E-state index >= 15 is 0 Å². The van der Waals surface area contributed by atoms with Gasteiger partial charge in [0.1, 0.15) is 5.49 Å². The number of rotatable bonds is 3. The topological polar surface area (TPSA) is 56.0 Å². The van der Waals surface area contributed by atoms with Gasteiger partial charge in [-0.05, 0) is 31.5 Å². The largest absolute Gasteiger partial charge is 0.382 e. The Kier molecular flexibility index (Phi) is 4.37. The predicted octanol–water partition coefficient (Wildman–Crippen LogP) is 2.63. The number of carbonyl (C=O) groups excluding carboxylic acids is 1. The van der Waals surface area contributed by atoms with Crippen LogP contribution in [0.1, 0.15) is 30.6 Å².